The van der Waals surface area contributed by atoms with Crippen molar-refractivity contribution in [1.29, 1.82) is 0 Å². The highest BCUT2D eigenvalue weighted by Gasteiger charge is 2.26. The number of carbonyl (C=O) groups is 2. The lowest BCUT2D eigenvalue weighted by atomic mass is 9.97. The van der Waals surface area contributed by atoms with Gasteiger partial charge in [0.15, 0.2) is 5.96 Å². The van der Waals surface area contributed by atoms with Crippen LogP contribution in [0.15, 0.2) is 33.7 Å². The summed E-state index contributed by atoms with van der Waals surface area (Å²) < 4.78 is 5.77. The summed E-state index contributed by atoms with van der Waals surface area (Å²) in [7, 11) is 1.43. The number of esters is 1. The van der Waals surface area contributed by atoms with E-state index in [1.54, 1.807) is 12.1 Å². The van der Waals surface area contributed by atoms with Crippen molar-refractivity contribution in [2.45, 2.75) is 19.8 Å². The number of rotatable bonds is 6. The molecule has 1 aromatic rings. The molecule has 0 aromatic heterocycles. The summed E-state index contributed by atoms with van der Waals surface area (Å²) in [5.41, 5.74) is 0.624. The fourth-order valence-corrected chi connectivity index (χ4v) is 3.22. The minimum absolute atomic E-state index is 0. The van der Waals surface area contributed by atoms with Crippen molar-refractivity contribution in [2.75, 3.05) is 39.8 Å². The number of methoxy groups -OCH3 is 1. The normalized spacial score (nSPS) is 14.8. The second kappa shape index (κ2) is 13.0. The van der Waals surface area contributed by atoms with Gasteiger partial charge in [0, 0.05) is 36.2 Å². The molecule has 2 N–H and O–H groups in total. The maximum absolute atomic E-state index is 12.1. The second-order valence-corrected chi connectivity index (χ2v) is 7.20. The number of nitrogens with one attached hydrogen (secondary N) is 2. The molecule has 1 heterocycles. The number of aliphatic imine (C=N–C) groups is 1. The van der Waals surface area contributed by atoms with Crippen molar-refractivity contribution in [1.82, 2.24) is 15.5 Å². The van der Waals surface area contributed by atoms with Gasteiger partial charge >= 0.3 is 5.97 Å². The molecule has 1 aliphatic heterocycles. The molecule has 156 valence electrons. The van der Waals surface area contributed by atoms with Gasteiger partial charge in [0.2, 0.25) is 0 Å². The Hall–Kier alpha value is -1.36. The number of nitrogens with zero attached hydrogens (tertiary/aromatic N) is 2. The van der Waals surface area contributed by atoms with E-state index in [1.165, 1.54) is 7.11 Å². The van der Waals surface area contributed by atoms with Gasteiger partial charge < -0.3 is 20.3 Å². The summed E-state index contributed by atoms with van der Waals surface area (Å²) in [5.74, 6) is 0.548. The number of hydrogen-bond acceptors (Lipinski definition) is 4. The van der Waals surface area contributed by atoms with Crippen LogP contribution in [0.4, 0.5) is 0 Å². The van der Waals surface area contributed by atoms with Crippen molar-refractivity contribution in [3.63, 3.8) is 0 Å². The fourth-order valence-electron chi connectivity index (χ4n) is 2.95. The number of ether oxygens (including phenoxy) is 1. The topological polar surface area (TPSA) is 83.0 Å². The molecular weight excluding hydrogens is 539 g/mol. The minimum atomic E-state index is -0.132. The van der Waals surface area contributed by atoms with Gasteiger partial charge in [0.25, 0.3) is 5.91 Å². The first-order valence-corrected chi connectivity index (χ1v) is 9.99. The lowest BCUT2D eigenvalue weighted by molar-refractivity contribution is -0.146. The molecule has 0 saturated carbocycles. The predicted molar refractivity (Wildman–Crippen MR) is 124 cm³/mol. The van der Waals surface area contributed by atoms with Crippen molar-refractivity contribution in [2.24, 2.45) is 10.9 Å². The maximum Gasteiger partial charge on any atom is 0.308 e. The lowest BCUT2D eigenvalue weighted by Gasteiger charge is -2.33. The van der Waals surface area contributed by atoms with Crippen LogP contribution in [0.3, 0.4) is 0 Å². The molecular formula is C19H28BrIN4O3. The smallest absolute Gasteiger partial charge is 0.308 e. The Bertz CT molecular complexity index is 662. The van der Waals surface area contributed by atoms with E-state index in [1.807, 2.05) is 19.1 Å². The Balaban J connectivity index is 0.00000392. The van der Waals surface area contributed by atoms with Crippen LogP contribution in [0, 0.1) is 5.92 Å². The lowest BCUT2D eigenvalue weighted by Crippen LogP contribution is -2.47. The number of carbonyl (C=O) groups excluding carboxylic acids is 2. The quantitative estimate of drug-likeness (QED) is 0.182. The molecule has 7 nitrogen and oxygen atoms in total. The fraction of sp³-hybridized carbons (Fsp3) is 0.526. The first-order chi connectivity index (χ1) is 13.0. The van der Waals surface area contributed by atoms with E-state index >= 15 is 0 Å². The van der Waals surface area contributed by atoms with Crippen LogP contribution in [0.1, 0.15) is 30.1 Å². The van der Waals surface area contributed by atoms with Crippen molar-refractivity contribution in [3.8, 4) is 0 Å². The Morgan fingerprint density at radius 1 is 1.21 bits per heavy atom. The summed E-state index contributed by atoms with van der Waals surface area (Å²) in [6, 6.07) is 7.24. The van der Waals surface area contributed by atoms with Crippen molar-refractivity contribution in [3.05, 3.63) is 34.3 Å². The number of likely N-dealkylation sites (tertiary alicyclic amines) is 1. The monoisotopic (exact) mass is 566 g/mol. The third-order valence-corrected chi connectivity index (χ3v) is 4.96. The molecule has 0 radical (unpaired) electrons. The van der Waals surface area contributed by atoms with Gasteiger partial charge in [-0.3, -0.25) is 14.6 Å². The molecule has 0 bridgehead atoms. The molecule has 1 amide bonds. The summed E-state index contributed by atoms with van der Waals surface area (Å²) >= 11 is 3.36. The van der Waals surface area contributed by atoms with Crippen molar-refractivity contribution < 1.29 is 14.3 Å². The third kappa shape index (κ3) is 7.57. The zero-order valence-electron chi connectivity index (χ0n) is 16.2. The number of guanidine groups is 1. The highest BCUT2D eigenvalue weighted by atomic mass is 127. The van der Waals surface area contributed by atoms with Crippen LogP contribution in [-0.4, -0.2) is 62.6 Å². The highest BCUT2D eigenvalue weighted by molar-refractivity contribution is 14.0. The Morgan fingerprint density at radius 2 is 1.86 bits per heavy atom. The molecule has 28 heavy (non-hydrogen) atoms. The summed E-state index contributed by atoms with van der Waals surface area (Å²) in [4.78, 5) is 30.5. The molecule has 0 spiro atoms. The third-order valence-electron chi connectivity index (χ3n) is 4.43. The van der Waals surface area contributed by atoms with E-state index in [0.29, 0.717) is 18.7 Å². The average Bonchev–Trinajstić information content (AvgIpc) is 2.70. The van der Waals surface area contributed by atoms with Crippen LogP contribution in [0.5, 0.6) is 0 Å². The zero-order chi connectivity index (χ0) is 19.6. The molecule has 0 aliphatic carbocycles. The number of amides is 1. The Kier molecular flexibility index (Phi) is 11.4. The molecule has 9 heteroatoms. The van der Waals surface area contributed by atoms with Gasteiger partial charge in [-0.2, -0.15) is 0 Å². The van der Waals surface area contributed by atoms with Gasteiger partial charge in [0.1, 0.15) is 0 Å². The minimum Gasteiger partial charge on any atom is -0.469 e. The maximum atomic E-state index is 12.1. The van der Waals surface area contributed by atoms with Gasteiger partial charge in [-0.05, 0) is 44.0 Å². The number of piperidine rings is 1. The van der Waals surface area contributed by atoms with Gasteiger partial charge in [-0.25, -0.2) is 0 Å². The summed E-state index contributed by atoms with van der Waals surface area (Å²) in [6.45, 7) is 5.25. The largest absolute Gasteiger partial charge is 0.469 e. The van der Waals surface area contributed by atoms with Crippen LogP contribution in [-0.2, 0) is 9.53 Å². The standard InChI is InChI=1S/C19H27BrN4O3.HI/c1-3-21-19(24-12-8-15(9-13-24)18(26)27-2)23-11-10-22-17(25)14-4-6-16(20)7-5-14;/h4-7,15H,3,8-13H2,1-2H3,(H,21,23)(H,22,25);1H. The molecule has 1 aromatic carbocycles. The number of halogens is 2. The summed E-state index contributed by atoms with van der Waals surface area (Å²) in [5, 5.41) is 6.16. The van der Waals surface area contributed by atoms with E-state index in [-0.39, 0.29) is 41.8 Å². The number of hydrogen-bond donors (Lipinski definition) is 2. The van der Waals surface area contributed by atoms with Crippen LogP contribution < -0.4 is 10.6 Å². The first kappa shape index (κ1) is 24.7. The predicted octanol–water partition coefficient (Wildman–Crippen LogP) is 2.65. The van der Waals surface area contributed by atoms with Crippen LogP contribution in [0.25, 0.3) is 0 Å². The van der Waals surface area contributed by atoms with E-state index < -0.39 is 0 Å². The van der Waals surface area contributed by atoms with Gasteiger partial charge in [0.05, 0.1) is 19.6 Å². The molecule has 0 atom stereocenters. The van der Waals surface area contributed by atoms with Crippen LogP contribution >= 0.6 is 39.9 Å². The summed E-state index contributed by atoms with van der Waals surface area (Å²) in [6.07, 6.45) is 1.52. The van der Waals surface area contributed by atoms with E-state index in [2.05, 4.69) is 36.5 Å². The Labute approximate surface area is 191 Å². The highest BCUT2D eigenvalue weighted by Crippen LogP contribution is 2.18. The van der Waals surface area contributed by atoms with Crippen LogP contribution in [0.2, 0.25) is 0 Å². The zero-order valence-corrected chi connectivity index (χ0v) is 20.2. The molecule has 1 saturated heterocycles. The van der Waals surface area contributed by atoms with E-state index in [9.17, 15) is 9.59 Å². The SMILES string of the molecule is CCNC(=NCCNC(=O)c1ccc(Br)cc1)N1CCC(C(=O)OC)CC1.I. The average molecular weight is 567 g/mol. The van der Waals surface area contributed by atoms with E-state index in [4.69, 9.17) is 4.74 Å². The van der Waals surface area contributed by atoms with Gasteiger partial charge in [-0.1, -0.05) is 15.9 Å². The number of benzene rings is 1. The molecule has 0 unspecified atom stereocenters. The Morgan fingerprint density at radius 3 is 2.43 bits per heavy atom. The molecule has 1 aliphatic rings. The second-order valence-electron chi connectivity index (χ2n) is 6.28. The molecule has 2 rings (SSSR count). The van der Waals surface area contributed by atoms with E-state index in [0.717, 1.165) is 42.9 Å². The van der Waals surface area contributed by atoms with Gasteiger partial charge in [-0.15, -0.1) is 24.0 Å². The molecule has 1 fully saturated rings. The first-order valence-electron chi connectivity index (χ1n) is 9.20. The van der Waals surface area contributed by atoms with Crippen molar-refractivity contribution >= 4 is 57.7 Å².